The first-order valence-electron chi connectivity index (χ1n) is 7.20. The average Bonchev–Trinajstić information content (AvgIpc) is 2.60. The molecule has 1 unspecified atom stereocenters. The molecule has 2 aromatic carbocycles. The van der Waals surface area contributed by atoms with Crippen molar-refractivity contribution in [3.05, 3.63) is 59.7 Å². The zero-order valence-corrected chi connectivity index (χ0v) is 12.5. The van der Waals surface area contributed by atoms with Crippen LogP contribution in [0.25, 0.3) is 0 Å². The first-order valence-corrected chi connectivity index (χ1v) is 7.20. The Balaban J connectivity index is 2.05. The second-order valence-corrected chi connectivity index (χ2v) is 5.26. The number of carbonyl (C=O) groups is 2. The van der Waals surface area contributed by atoms with E-state index < -0.39 is 5.91 Å². The molecule has 0 spiro atoms. The molecule has 23 heavy (non-hydrogen) atoms. The summed E-state index contributed by atoms with van der Waals surface area (Å²) in [6, 6.07) is 14.1. The van der Waals surface area contributed by atoms with E-state index in [2.05, 4.69) is 0 Å². The van der Waals surface area contributed by atoms with E-state index in [1.165, 1.54) is 12.1 Å². The van der Waals surface area contributed by atoms with Crippen molar-refractivity contribution in [2.24, 2.45) is 0 Å². The van der Waals surface area contributed by atoms with Crippen LogP contribution in [0, 0.1) is 0 Å². The number of hydrogen-bond acceptors (Lipinski definition) is 4. The van der Waals surface area contributed by atoms with Crippen LogP contribution in [0.4, 0.5) is 5.69 Å². The third kappa shape index (κ3) is 2.76. The largest absolute Gasteiger partial charge is 0.482 e. The van der Waals surface area contributed by atoms with Crippen LogP contribution in [0.15, 0.2) is 48.5 Å². The van der Waals surface area contributed by atoms with Crippen molar-refractivity contribution in [2.75, 3.05) is 11.5 Å². The highest BCUT2D eigenvalue weighted by molar-refractivity contribution is 6.01. The summed E-state index contributed by atoms with van der Waals surface area (Å²) >= 11 is 0. The van der Waals surface area contributed by atoms with E-state index in [4.69, 9.17) is 9.94 Å². The zero-order valence-electron chi connectivity index (χ0n) is 12.5. The summed E-state index contributed by atoms with van der Waals surface area (Å²) in [4.78, 5) is 25.6. The molecular formula is C17H16N2O4. The molecule has 0 fully saturated rings. The summed E-state index contributed by atoms with van der Waals surface area (Å²) in [5.41, 5.74) is 3.33. The molecule has 0 bridgehead atoms. The molecule has 1 aliphatic heterocycles. The number of ether oxygens (including phenoxy) is 1. The first kappa shape index (κ1) is 15.1. The molecular weight excluding hydrogens is 296 g/mol. The summed E-state index contributed by atoms with van der Waals surface area (Å²) in [5.74, 6) is -0.296. The van der Waals surface area contributed by atoms with Gasteiger partial charge in [0.1, 0.15) is 5.75 Å². The van der Waals surface area contributed by atoms with E-state index in [0.29, 0.717) is 11.4 Å². The molecule has 0 saturated carbocycles. The Hall–Kier alpha value is -2.86. The number of nitrogens with one attached hydrogen (secondary N) is 1. The normalized spacial score (nSPS) is 14.7. The molecule has 1 heterocycles. The Kier molecular flexibility index (Phi) is 3.99. The molecule has 2 amide bonds. The molecule has 1 aliphatic rings. The Morgan fingerprint density at radius 2 is 2.00 bits per heavy atom. The van der Waals surface area contributed by atoms with Gasteiger partial charge in [-0.1, -0.05) is 30.3 Å². The number of carbonyl (C=O) groups excluding carboxylic acids is 2. The molecule has 2 N–H and O–H groups in total. The predicted octanol–water partition coefficient (Wildman–Crippen LogP) is 2.29. The average molecular weight is 312 g/mol. The van der Waals surface area contributed by atoms with Gasteiger partial charge >= 0.3 is 0 Å². The van der Waals surface area contributed by atoms with Crippen molar-refractivity contribution >= 4 is 17.5 Å². The van der Waals surface area contributed by atoms with Crippen LogP contribution in [0.5, 0.6) is 5.75 Å². The number of benzene rings is 2. The molecule has 6 nitrogen and oxygen atoms in total. The van der Waals surface area contributed by atoms with Crippen molar-refractivity contribution in [3.8, 4) is 5.75 Å². The molecule has 3 rings (SSSR count). The van der Waals surface area contributed by atoms with Gasteiger partial charge in [0.25, 0.3) is 11.8 Å². The van der Waals surface area contributed by atoms with Gasteiger partial charge in [0.05, 0.1) is 11.7 Å². The lowest BCUT2D eigenvalue weighted by atomic mass is 10.0. The number of nitrogens with zero attached hydrogens (tertiary/aromatic N) is 1. The van der Waals surface area contributed by atoms with Crippen LogP contribution in [0.2, 0.25) is 0 Å². The lowest BCUT2D eigenvalue weighted by molar-refractivity contribution is -0.121. The van der Waals surface area contributed by atoms with Gasteiger partial charge in [-0.05, 0) is 30.7 Å². The fourth-order valence-corrected chi connectivity index (χ4v) is 2.68. The van der Waals surface area contributed by atoms with Gasteiger partial charge in [0, 0.05) is 5.56 Å². The number of hydrogen-bond donors (Lipinski definition) is 2. The van der Waals surface area contributed by atoms with Crippen LogP contribution in [-0.4, -0.2) is 23.6 Å². The molecule has 0 radical (unpaired) electrons. The van der Waals surface area contributed by atoms with Gasteiger partial charge in [-0.3, -0.25) is 19.7 Å². The lowest BCUT2D eigenvalue weighted by Crippen LogP contribution is -2.40. The Morgan fingerprint density at radius 1 is 1.26 bits per heavy atom. The summed E-state index contributed by atoms with van der Waals surface area (Å²) < 4.78 is 5.43. The number of hydroxylamine groups is 1. The van der Waals surface area contributed by atoms with Crippen molar-refractivity contribution in [2.45, 2.75) is 13.0 Å². The van der Waals surface area contributed by atoms with Crippen LogP contribution < -0.4 is 15.1 Å². The number of rotatable bonds is 3. The first-order chi connectivity index (χ1) is 11.1. The minimum Gasteiger partial charge on any atom is -0.482 e. The van der Waals surface area contributed by atoms with Gasteiger partial charge in [-0.25, -0.2) is 5.48 Å². The third-order valence-corrected chi connectivity index (χ3v) is 3.87. The number of anilines is 1. The molecule has 118 valence electrons. The van der Waals surface area contributed by atoms with Gasteiger partial charge in [0.2, 0.25) is 0 Å². The van der Waals surface area contributed by atoms with Crippen LogP contribution >= 0.6 is 0 Å². The maximum Gasteiger partial charge on any atom is 0.274 e. The highest BCUT2D eigenvalue weighted by atomic mass is 16.5. The van der Waals surface area contributed by atoms with E-state index in [1.54, 1.807) is 16.4 Å². The SMILES string of the molecule is CC(c1ccccc1)N1C(=O)COc2ccc(C(=O)NO)cc21. The highest BCUT2D eigenvalue weighted by Gasteiger charge is 2.31. The van der Waals surface area contributed by atoms with Crippen LogP contribution in [-0.2, 0) is 4.79 Å². The molecule has 0 aliphatic carbocycles. The van der Waals surface area contributed by atoms with Gasteiger partial charge < -0.3 is 4.74 Å². The van der Waals surface area contributed by atoms with E-state index in [0.717, 1.165) is 5.56 Å². The topological polar surface area (TPSA) is 78.9 Å². The minimum absolute atomic E-state index is 0.0459. The van der Waals surface area contributed by atoms with E-state index in [9.17, 15) is 9.59 Å². The van der Waals surface area contributed by atoms with E-state index in [-0.39, 0.29) is 24.1 Å². The predicted molar refractivity (Wildman–Crippen MR) is 83.5 cm³/mol. The summed E-state index contributed by atoms with van der Waals surface area (Å²) in [6.07, 6.45) is 0. The standard InChI is InChI=1S/C17H16N2O4/c1-11(12-5-3-2-4-6-12)19-14-9-13(17(21)18-22)7-8-15(14)23-10-16(19)20/h2-9,11,22H,10H2,1H3,(H,18,21). The summed E-state index contributed by atoms with van der Waals surface area (Å²) in [6.45, 7) is 1.87. The van der Waals surface area contributed by atoms with Crippen LogP contribution in [0.3, 0.4) is 0 Å². The molecule has 1 atom stereocenters. The Morgan fingerprint density at radius 3 is 2.70 bits per heavy atom. The van der Waals surface area contributed by atoms with Gasteiger partial charge in [-0.15, -0.1) is 0 Å². The summed E-state index contributed by atoms with van der Waals surface area (Å²) in [5, 5.41) is 8.79. The third-order valence-electron chi connectivity index (χ3n) is 3.87. The fourth-order valence-electron chi connectivity index (χ4n) is 2.68. The second-order valence-electron chi connectivity index (χ2n) is 5.26. The fraction of sp³-hybridized carbons (Fsp3) is 0.176. The second kappa shape index (κ2) is 6.10. The lowest BCUT2D eigenvalue weighted by Gasteiger charge is -2.34. The summed E-state index contributed by atoms with van der Waals surface area (Å²) in [7, 11) is 0. The number of fused-ring (bicyclic) bond motifs is 1. The smallest absolute Gasteiger partial charge is 0.274 e. The van der Waals surface area contributed by atoms with Crippen molar-refractivity contribution in [1.82, 2.24) is 5.48 Å². The monoisotopic (exact) mass is 312 g/mol. The maximum atomic E-state index is 12.4. The molecule has 0 saturated heterocycles. The van der Waals surface area contributed by atoms with Crippen molar-refractivity contribution in [3.63, 3.8) is 0 Å². The Labute approximate surface area is 133 Å². The van der Waals surface area contributed by atoms with Gasteiger partial charge in [-0.2, -0.15) is 0 Å². The quantitative estimate of drug-likeness (QED) is 0.673. The number of amides is 2. The van der Waals surface area contributed by atoms with Crippen LogP contribution in [0.1, 0.15) is 28.9 Å². The molecule has 0 aromatic heterocycles. The zero-order chi connectivity index (χ0) is 16.4. The van der Waals surface area contributed by atoms with Gasteiger partial charge in [0.15, 0.2) is 6.61 Å². The van der Waals surface area contributed by atoms with E-state index >= 15 is 0 Å². The maximum absolute atomic E-state index is 12.4. The van der Waals surface area contributed by atoms with E-state index in [1.807, 2.05) is 37.3 Å². The Bertz CT molecular complexity index is 746. The van der Waals surface area contributed by atoms with Crippen molar-refractivity contribution < 1.29 is 19.5 Å². The molecule has 2 aromatic rings. The van der Waals surface area contributed by atoms with Crippen molar-refractivity contribution in [1.29, 1.82) is 0 Å². The highest BCUT2D eigenvalue weighted by Crippen LogP contribution is 2.38. The molecule has 6 heteroatoms. The minimum atomic E-state index is -0.641.